The Hall–Kier alpha value is -0.120. The predicted octanol–water partition coefficient (Wildman–Crippen LogP) is 0.0526. The lowest BCUT2D eigenvalue weighted by Crippen LogP contribution is -2.54. The maximum Gasteiger partial charge on any atom is 0.0621 e. The highest BCUT2D eigenvalue weighted by Crippen LogP contribution is 2.37. The standard InChI is InChI=1S/C10H20N2O/c1-12-7-2-9(13)10(8-12)3-5-11-6-4-10/h9,11,13H,2-8H2,1H3. The number of nitrogens with zero attached hydrogens (tertiary/aromatic N) is 1. The van der Waals surface area contributed by atoms with Crippen LogP contribution in [0, 0.1) is 5.41 Å². The molecule has 3 heteroatoms. The van der Waals surface area contributed by atoms with E-state index >= 15 is 0 Å². The van der Waals surface area contributed by atoms with E-state index in [1.165, 1.54) is 0 Å². The van der Waals surface area contributed by atoms with E-state index in [9.17, 15) is 5.11 Å². The van der Waals surface area contributed by atoms with Gasteiger partial charge in [0.05, 0.1) is 6.10 Å². The Balaban J connectivity index is 2.07. The van der Waals surface area contributed by atoms with Crippen LogP contribution in [0.15, 0.2) is 0 Å². The molecule has 2 N–H and O–H groups in total. The predicted molar refractivity (Wildman–Crippen MR) is 52.7 cm³/mol. The van der Waals surface area contributed by atoms with E-state index in [1.54, 1.807) is 0 Å². The fourth-order valence-electron chi connectivity index (χ4n) is 2.79. The van der Waals surface area contributed by atoms with Crippen molar-refractivity contribution in [3.8, 4) is 0 Å². The van der Waals surface area contributed by atoms with E-state index in [4.69, 9.17) is 0 Å². The van der Waals surface area contributed by atoms with Gasteiger partial charge in [0, 0.05) is 18.5 Å². The molecular formula is C10H20N2O. The molecule has 0 aromatic carbocycles. The molecular weight excluding hydrogens is 164 g/mol. The summed E-state index contributed by atoms with van der Waals surface area (Å²) < 4.78 is 0. The Morgan fingerprint density at radius 2 is 2.08 bits per heavy atom. The minimum atomic E-state index is -0.0641. The molecule has 2 aliphatic heterocycles. The molecule has 76 valence electrons. The minimum Gasteiger partial charge on any atom is -0.392 e. The molecule has 0 saturated carbocycles. The molecule has 0 aromatic rings. The third kappa shape index (κ3) is 1.73. The van der Waals surface area contributed by atoms with Gasteiger partial charge in [-0.1, -0.05) is 0 Å². The fourth-order valence-corrected chi connectivity index (χ4v) is 2.79. The normalized spacial score (nSPS) is 35.1. The van der Waals surface area contributed by atoms with Crippen molar-refractivity contribution < 1.29 is 5.11 Å². The van der Waals surface area contributed by atoms with Crippen molar-refractivity contribution in [1.82, 2.24) is 10.2 Å². The van der Waals surface area contributed by atoms with Gasteiger partial charge >= 0.3 is 0 Å². The van der Waals surface area contributed by atoms with Crippen molar-refractivity contribution >= 4 is 0 Å². The molecule has 0 aliphatic carbocycles. The van der Waals surface area contributed by atoms with Crippen molar-refractivity contribution in [3.05, 3.63) is 0 Å². The number of rotatable bonds is 0. The Bertz CT molecular complexity index is 178. The molecule has 2 rings (SSSR count). The Kier molecular flexibility index (Phi) is 2.58. The van der Waals surface area contributed by atoms with Gasteiger partial charge in [0.1, 0.15) is 0 Å². The Morgan fingerprint density at radius 3 is 2.77 bits per heavy atom. The van der Waals surface area contributed by atoms with Crippen LogP contribution in [0.5, 0.6) is 0 Å². The Morgan fingerprint density at radius 1 is 1.38 bits per heavy atom. The average molecular weight is 184 g/mol. The topological polar surface area (TPSA) is 35.5 Å². The minimum absolute atomic E-state index is 0.0641. The quantitative estimate of drug-likeness (QED) is 0.558. The second kappa shape index (κ2) is 3.56. The highest BCUT2D eigenvalue weighted by Gasteiger charge is 2.42. The first-order valence-electron chi connectivity index (χ1n) is 5.30. The Labute approximate surface area is 80.1 Å². The van der Waals surface area contributed by atoms with Gasteiger partial charge in [-0.05, 0) is 39.4 Å². The van der Waals surface area contributed by atoms with Gasteiger partial charge in [-0.25, -0.2) is 0 Å². The first-order chi connectivity index (χ1) is 6.23. The van der Waals surface area contributed by atoms with Gasteiger partial charge in [0.2, 0.25) is 0 Å². The van der Waals surface area contributed by atoms with Crippen LogP contribution < -0.4 is 5.32 Å². The SMILES string of the molecule is CN1CCC(O)C2(CCNCC2)C1. The summed E-state index contributed by atoms with van der Waals surface area (Å²) in [4.78, 5) is 2.36. The lowest BCUT2D eigenvalue weighted by molar-refractivity contribution is -0.0564. The number of aliphatic hydroxyl groups is 1. The van der Waals surface area contributed by atoms with Gasteiger partial charge < -0.3 is 15.3 Å². The van der Waals surface area contributed by atoms with E-state index in [0.29, 0.717) is 0 Å². The number of piperidine rings is 2. The molecule has 0 amide bonds. The van der Waals surface area contributed by atoms with Crippen LogP contribution >= 0.6 is 0 Å². The average Bonchev–Trinajstić information content (AvgIpc) is 2.14. The summed E-state index contributed by atoms with van der Waals surface area (Å²) in [7, 11) is 2.16. The van der Waals surface area contributed by atoms with Gasteiger partial charge in [0.25, 0.3) is 0 Å². The molecule has 2 saturated heterocycles. The van der Waals surface area contributed by atoms with Crippen LogP contribution in [-0.2, 0) is 0 Å². The van der Waals surface area contributed by atoms with Gasteiger partial charge in [-0.3, -0.25) is 0 Å². The molecule has 2 fully saturated rings. The van der Waals surface area contributed by atoms with E-state index in [0.717, 1.165) is 45.4 Å². The largest absolute Gasteiger partial charge is 0.392 e. The van der Waals surface area contributed by atoms with Gasteiger partial charge in [0.15, 0.2) is 0 Å². The lowest BCUT2D eigenvalue weighted by Gasteiger charge is -2.47. The second-order valence-corrected chi connectivity index (χ2v) is 4.65. The van der Waals surface area contributed by atoms with E-state index < -0.39 is 0 Å². The molecule has 1 unspecified atom stereocenters. The smallest absolute Gasteiger partial charge is 0.0621 e. The van der Waals surface area contributed by atoms with E-state index in [2.05, 4.69) is 17.3 Å². The van der Waals surface area contributed by atoms with Crippen molar-refractivity contribution in [2.75, 3.05) is 33.2 Å². The van der Waals surface area contributed by atoms with Crippen molar-refractivity contribution in [3.63, 3.8) is 0 Å². The summed E-state index contributed by atoms with van der Waals surface area (Å²) in [5, 5.41) is 13.4. The molecule has 0 bridgehead atoms. The molecule has 0 aromatic heterocycles. The number of nitrogens with one attached hydrogen (secondary N) is 1. The summed E-state index contributed by atoms with van der Waals surface area (Å²) in [5.74, 6) is 0. The third-order valence-corrected chi connectivity index (χ3v) is 3.68. The molecule has 1 atom stereocenters. The summed E-state index contributed by atoms with van der Waals surface area (Å²) in [6.07, 6.45) is 3.17. The van der Waals surface area contributed by atoms with Crippen LogP contribution in [0.3, 0.4) is 0 Å². The second-order valence-electron chi connectivity index (χ2n) is 4.65. The molecule has 1 spiro atoms. The number of hydrogen-bond acceptors (Lipinski definition) is 3. The monoisotopic (exact) mass is 184 g/mol. The molecule has 3 nitrogen and oxygen atoms in total. The zero-order valence-electron chi connectivity index (χ0n) is 8.42. The summed E-state index contributed by atoms with van der Waals surface area (Å²) in [6.45, 7) is 4.28. The molecule has 2 heterocycles. The number of aliphatic hydroxyl groups excluding tert-OH is 1. The van der Waals surface area contributed by atoms with Crippen LogP contribution in [0.4, 0.5) is 0 Å². The van der Waals surface area contributed by atoms with Crippen molar-refractivity contribution in [2.24, 2.45) is 5.41 Å². The number of likely N-dealkylation sites (tertiary alicyclic amines) is 1. The molecule has 2 aliphatic rings. The maximum absolute atomic E-state index is 10.0. The molecule has 0 radical (unpaired) electrons. The highest BCUT2D eigenvalue weighted by molar-refractivity contribution is 4.95. The van der Waals surface area contributed by atoms with Crippen LogP contribution in [0.2, 0.25) is 0 Å². The summed E-state index contributed by atoms with van der Waals surface area (Å²) in [5.41, 5.74) is 0.207. The first-order valence-corrected chi connectivity index (χ1v) is 5.30. The van der Waals surface area contributed by atoms with Gasteiger partial charge in [-0.15, -0.1) is 0 Å². The third-order valence-electron chi connectivity index (χ3n) is 3.68. The van der Waals surface area contributed by atoms with Crippen LogP contribution in [0.1, 0.15) is 19.3 Å². The maximum atomic E-state index is 10.0. The highest BCUT2D eigenvalue weighted by atomic mass is 16.3. The van der Waals surface area contributed by atoms with E-state index in [-0.39, 0.29) is 11.5 Å². The van der Waals surface area contributed by atoms with Crippen molar-refractivity contribution in [1.29, 1.82) is 0 Å². The summed E-state index contributed by atoms with van der Waals surface area (Å²) >= 11 is 0. The first kappa shape index (κ1) is 9.44. The number of hydrogen-bond donors (Lipinski definition) is 2. The van der Waals surface area contributed by atoms with E-state index in [1.807, 2.05) is 0 Å². The lowest BCUT2D eigenvalue weighted by atomic mass is 9.71. The van der Waals surface area contributed by atoms with Crippen LogP contribution in [0.25, 0.3) is 0 Å². The van der Waals surface area contributed by atoms with Gasteiger partial charge in [-0.2, -0.15) is 0 Å². The zero-order chi connectivity index (χ0) is 9.31. The summed E-state index contributed by atoms with van der Waals surface area (Å²) in [6, 6.07) is 0. The van der Waals surface area contributed by atoms with Crippen LogP contribution in [-0.4, -0.2) is 49.3 Å². The molecule has 13 heavy (non-hydrogen) atoms. The fraction of sp³-hybridized carbons (Fsp3) is 1.00. The van der Waals surface area contributed by atoms with Crippen molar-refractivity contribution in [2.45, 2.75) is 25.4 Å². The zero-order valence-corrected chi connectivity index (χ0v) is 8.42.